The Balaban J connectivity index is 1.77. The van der Waals surface area contributed by atoms with Crippen molar-refractivity contribution in [1.29, 1.82) is 0 Å². The van der Waals surface area contributed by atoms with Gasteiger partial charge in [-0.3, -0.25) is 4.79 Å². The Hall–Kier alpha value is -2.89. The standard InChI is InChI=1S/C19H23N5O/c1-14(12-24-9-8-20-13-24)11-21-19(25)16-10-18(23(2)3)22-17-7-5-4-6-15(16)17/h4-10,13-14H,11-12H2,1-3H3,(H,21,25)/t14-/m0/s1. The predicted octanol–water partition coefficient (Wildman–Crippen LogP) is 2.56. The number of fused-ring (bicyclic) bond motifs is 1. The number of hydrogen-bond donors (Lipinski definition) is 1. The summed E-state index contributed by atoms with van der Waals surface area (Å²) in [6.07, 6.45) is 5.48. The SMILES string of the molecule is C[C@@H](CNC(=O)c1cc(N(C)C)nc2ccccc12)Cn1ccnc1. The summed E-state index contributed by atoms with van der Waals surface area (Å²) in [6, 6.07) is 9.58. The molecule has 0 aliphatic rings. The number of carbonyl (C=O) groups is 1. The number of carbonyl (C=O) groups excluding carboxylic acids is 1. The van der Waals surface area contributed by atoms with E-state index < -0.39 is 0 Å². The molecule has 0 radical (unpaired) electrons. The lowest BCUT2D eigenvalue weighted by atomic mass is 10.1. The van der Waals surface area contributed by atoms with Crippen molar-refractivity contribution in [2.45, 2.75) is 13.5 Å². The molecule has 130 valence electrons. The molecule has 25 heavy (non-hydrogen) atoms. The average molecular weight is 337 g/mol. The molecule has 2 aromatic heterocycles. The highest BCUT2D eigenvalue weighted by atomic mass is 16.1. The Bertz CT molecular complexity index is 857. The lowest BCUT2D eigenvalue weighted by Gasteiger charge is -2.16. The van der Waals surface area contributed by atoms with Gasteiger partial charge in [-0.15, -0.1) is 0 Å². The zero-order chi connectivity index (χ0) is 17.8. The summed E-state index contributed by atoms with van der Waals surface area (Å²) in [5, 5.41) is 3.92. The molecule has 1 atom stereocenters. The van der Waals surface area contributed by atoms with Gasteiger partial charge in [0.05, 0.1) is 17.4 Å². The molecule has 1 aromatic carbocycles. The second-order valence-corrected chi connectivity index (χ2v) is 6.51. The molecule has 1 amide bonds. The van der Waals surface area contributed by atoms with Crippen LogP contribution in [0, 0.1) is 5.92 Å². The van der Waals surface area contributed by atoms with Crippen LogP contribution >= 0.6 is 0 Å². The molecule has 0 spiro atoms. The molecular weight excluding hydrogens is 314 g/mol. The number of para-hydroxylation sites is 1. The monoisotopic (exact) mass is 337 g/mol. The number of anilines is 1. The third kappa shape index (κ3) is 3.96. The van der Waals surface area contributed by atoms with Crippen molar-refractivity contribution in [3.05, 3.63) is 54.6 Å². The van der Waals surface area contributed by atoms with Gasteiger partial charge in [-0.1, -0.05) is 25.1 Å². The molecule has 3 rings (SSSR count). The fraction of sp³-hybridized carbons (Fsp3) is 0.316. The first-order chi connectivity index (χ1) is 12.0. The van der Waals surface area contributed by atoms with Gasteiger partial charge in [-0.25, -0.2) is 9.97 Å². The molecule has 2 heterocycles. The first-order valence-corrected chi connectivity index (χ1v) is 8.35. The molecule has 0 aliphatic carbocycles. The predicted molar refractivity (Wildman–Crippen MR) is 99.8 cm³/mol. The molecular formula is C19H23N5O. The number of benzene rings is 1. The second-order valence-electron chi connectivity index (χ2n) is 6.51. The number of nitrogens with one attached hydrogen (secondary N) is 1. The van der Waals surface area contributed by atoms with Crippen molar-refractivity contribution in [1.82, 2.24) is 19.9 Å². The van der Waals surface area contributed by atoms with Crippen LogP contribution in [0.2, 0.25) is 0 Å². The number of nitrogens with zero attached hydrogens (tertiary/aromatic N) is 4. The lowest BCUT2D eigenvalue weighted by Crippen LogP contribution is -2.30. The lowest BCUT2D eigenvalue weighted by molar-refractivity contribution is 0.0948. The van der Waals surface area contributed by atoms with E-state index in [2.05, 4.69) is 22.2 Å². The molecule has 0 aliphatic heterocycles. The van der Waals surface area contributed by atoms with Crippen LogP contribution in [-0.4, -0.2) is 41.1 Å². The number of amides is 1. The zero-order valence-corrected chi connectivity index (χ0v) is 14.8. The quantitative estimate of drug-likeness (QED) is 0.751. The van der Waals surface area contributed by atoms with Crippen LogP contribution in [0.1, 0.15) is 17.3 Å². The van der Waals surface area contributed by atoms with E-state index in [1.54, 1.807) is 12.5 Å². The maximum atomic E-state index is 12.8. The van der Waals surface area contributed by atoms with Crippen LogP contribution in [-0.2, 0) is 6.54 Å². The van der Waals surface area contributed by atoms with Gasteiger partial charge in [-0.05, 0) is 18.1 Å². The Morgan fingerprint density at radius 3 is 2.84 bits per heavy atom. The molecule has 3 aromatic rings. The third-order valence-corrected chi connectivity index (χ3v) is 4.10. The van der Waals surface area contributed by atoms with Crippen molar-refractivity contribution >= 4 is 22.6 Å². The van der Waals surface area contributed by atoms with Crippen molar-refractivity contribution in [2.24, 2.45) is 5.92 Å². The molecule has 0 bridgehead atoms. The number of pyridine rings is 1. The van der Waals surface area contributed by atoms with Crippen molar-refractivity contribution < 1.29 is 4.79 Å². The highest BCUT2D eigenvalue weighted by Crippen LogP contribution is 2.22. The zero-order valence-electron chi connectivity index (χ0n) is 14.8. The summed E-state index contributed by atoms with van der Waals surface area (Å²) in [6.45, 7) is 3.53. The van der Waals surface area contributed by atoms with E-state index in [4.69, 9.17) is 0 Å². The maximum absolute atomic E-state index is 12.8. The van der Waals surface area contributed by atoms with Gasteiger partial charge >= 0.3 is 0 Å². The van der Waals surface area contributed by atoms with Crippen LogP contribution in [0.25, 0.3) is 10.9 Å². The third-order valence-electron chi connectivity index (χ3n) is 4.10. The van der Waals surface area contributed by atoms with Gasteiger partial charge in [0.2, 0.25) is 0 Å². The van der Waals surface area contributed by atoms with Gasteiger partial charge in [0.1, 0.15) is 5.82 Å². The van der Waals surface area contributed by atoms with E-state index in [1.165, 1.54) is 0 Å². The minimum absolute atomic E-state index is 0.0702. The van der Waals surface area contributed by atoms with Crippen LogP contribution in [0.15, 0.2) is 49.1 Å². The summed E-state index contributed by atoms with van der Waals surface area (Å²) >= 11 is 0. The first kappa shape index (κ1) is 17.0. The second kappa shape index (κ2) is 7.34. The normalized spacial score (nSPS) is 12.1. The molecule has 0 fully saturated rings. The highest BCUT2D eigenvalue weighted by molar-refractivity contribution is 6.07. The average Bonchev–Trinajstić information content (AvgIpc) is 3.11. The van der Waals surface area contributed by atoms with Crippen molar-refractivity contribution in [2.75, 3.05) is 25.5 Å². The summed E-state index contributed by atoms with van der Waals surface area (Å²) in [7, 11) is 3.85. The van der Waals surface area contributed by atoms with Gasteiger partial charge in [0.15, 0.2) is 0 Å². The fourth-order valence-corrected chi connectivity index (χ4v) is 2.76. The van der Waals surface area contributed by atoms with Crippen LogP contribution < -0.4 is 10.2 Å². The topological polar surface area (TPSA) is 63.1 Å². The maximum Gasteiger partial charge on any atom is 0.252 e. The Morgan fingerprint density at radius 2 is 2.12 bits per heavy atom. The number of imidazole rings is 1. The minimum atomic E-state index is -0.0702. The Kier molecular flexibility index (Phi) is 4.97. The van der Waals surface area contributed by atoms with E-state index >= 15 is 0 Å². The van der Waals surface area contributed by atoms with Gasteiger partial charge in [0, 0.05) is 45.0 Å². The van der Waals surface area contributed by atoms with E-state index in [0.717, 1.165) is 23.3 Å². The van der Waals surface area contributed by atoms with Crippen LogP contribution in [0.4, 0.5) is 5.82 Å². The number of rotatable bonds is 6. The summed E-state index contributed by atoms with van der Waals surface area (Å²) < 4.78 is 2.02. The Labute approximate surface area is 147 Å². The van der Waals surface area contributed by atoms with Gasteiger partial charge in [0.25, 0.3) is 5.91 Å². The largest absolute Gasteiger partial charge is 0.363 e. The van der Waals surface area contributed by atoms with Crippen LogP contribution in [0.3, 0.4) is 0 Å². The molecule has 1 N–H and O–H groups in total. The molecule has 6 nitrogen and oxygen atoms in total. The molecule has 0 unspecified atom stereocenters. The summed E-state index contributed by atoms with van der Waals surface area (Å²) in [4.78, 5) is 23.3. The number of hydrogen-bond acceptors (Lipinski definition) is 4. The fourth-order valence-electron chi connectivity index (χ4n) is 2.76. The molecule has 6 heteroatoms. The summed E-state index contributed by atoms with van der Waals surface area (Å²) in [5.74, 6) is 1.01. The van der Waals surface area contributed by atoms with Crippen LogP contribution in [0.5, 0.6) is 0 Å². The smallest absolute Gasteiger partial charge is 0.252 e. The molecule has 0 saturated carbocycles. The Morgan fingerprint density at radius 1 is 1.32 bits per heavy atom. The van der Waals surface area contributed by atoms with Crippen molar-refractivity contribution in [3.63, 3.8) is 0 Å². The number of aromatic nitrogens is 3. The molecule has 0 saturated heterocycles. The van der Waals surface area contributed by atoms with Gasteiger partial charge < -0.3 is 14.8 Å². The van der Waals surface area contributed by atoms with E-state index in [0.29, 0.717) is 18.0 Å². The first-order valence-electron chi connectivity index (χ1n) is 8.35. The van der Waals surface area contributed by atoms with E-state index in [9.17, 15) is 4.79 Å². The minimum Gasteiger partial charge on any atom is -0.363 e. The summed E-state index contributed by atoms with van der Waals surface area (Å²) in [5.41, 5.74) is 1.48. The van der Waals surface area contributed by atoms with Gasteiger partial charge in [-0.2, -0.15) is 0 Å². The van der Waals surface area contributed by atoms with Crippen molar-refractivity contribution in [3.8, 4) is 0 Å². The highest BCUT2D eigenvalue weighted by Gasteiger charge is 2.14. The van der Waals surface area contributed by atoms with E-state index in [1.807, 2.05) is 60.1 Å². The van der Waals surface area contributed by atoms with E-state index in [-0.39, 0.29) is 5.91 Å².